The second-order valence-electron chi connectivity index (χ2n) is 3.73. The number of anilines is 1. The summed E-state index contributed by atoms with van der Waals surface area (Å²) in [6.45, 7) is 0. The van der Waals surface area contributed by atoms with Crippen molar-refractivity contribution in [3.8, 4) is 0 Å². The van der Waals surface area contributed by atoms with Crippen molar-refractivity contribution in [1.29, 1.82) is 0 Å². The van der Waals surface area contributed by atoms with Crippen LogP contribution >= 0.6 is 34.5 Å². The summed E-state index contributed by atoms with van der Waals surface area (Å²) in [6, 6.07) is 8.01. The fraction of sp³-hybridized carbons (Fsp3) is 0.0769. The zero-order chi connectivity index (χ0) is 14.7. The van der Waals surface area contributed by atoms with Crippen molar-refractivity contribution in [3.63, 3.8) is 0 Å². The Kier molecular flexibility index (Phi) is 4.65. The third-order valence-electron chi connectivity index (χ3n) is 2.48. The Bertz CT molecular complexity index is 669. The molecule has 1 aromatic heterocycles. The topological polar surface area (TPSA) is 55.4 Å². The summed E-state index contributed by atoms with van der Waals surface area (Å²) in [5.41, 5.74) is 0.880. The van der Waals surface area contributed by atoms with Gasteiger partial charge in [-0.15, -0.1) is 11.3 Å². The number of carbonyl (C=O) groups excluding carboxylic acids is 2. The number of thiophene rings is 1. The lowest BCUT2D eigenvalue weighted by Gasteiger charge is -2.09. The van der Waals surface area contributed by atoms with E-state index in [4.69, 9.17) is 23.2 Å². The molecule has 0 saturated heterocycles. The van der Waals surface area contributed by atoms with Gasteiger partial charge in [0.25, 0.3) is 5.91 Å². The first kappa shape index (κ1) is 14.8. The Morgan fingerprint density at radius 2 is 1.90 bits per heavy atom. The minimum absolute atomic E-state index is 0.265. The molecule has 0 atom stereocenters. The van der Waals surface area contributed by atoms with E-state index in [1.54, 1.807) is 24.3 Å². The molecule has 0 aliphatic rings. The number of halogens is 2. The molecule has 0 spiro atoms. The maximum atomic E-state index is 12.1. The molecule has 0 aliphatic heterocycles. The highest BCUT2D eigenvalue weighted by Crippen LogP contribution is 2.31. The molecule has 0 bridgehead atoms. The lowest BCUT2D eigenvalue weighted by molar-refractivity contribution is 0.0602. The summed E-state index contributed by atoms with van der Waals surface area (Å²) in [4.78, 5) is 23.7. The maximum absolute atomic E-state index is 12.1. The van der Waals surface area contributed by atoms with Gasteiger partial charge in [-0.2, -0.15) is 0 Å². The van der Waals surface area contributed by atoms with Crippen LogP contribution in [0.3, 0.4) is 0 Å². The monoisotopic (exact) mass is 329 g/mol. The van der Waals surface area contributed by atoms with Crippen LogP contribution in [0.2, 0.25) is 8.67 Å². The SMILES string of the molecule is COC(=O)c1ccccc1NC(=O)c1cc(Cl)sc1Cl. The van der Waals surface area contributed by atoms with Crippen LogP contribution in [0.1, 0.15) is 20.7 Å². The average molecular weight is 330 g/mol. The number of hydrogen-bond donors (Lipinski definition) is 1. The number of methoxy groups -OCH3 is 1. The first-order valence-corrected chi connectivity index (χ1v) is 7.03. The second-order valence-corrected chi connectivity index (χ2v) is 6.01. The first-order chi connectivity index (χ1) is 9.52. The smallest absolute Gasteiger partial charge is 0.339 e. The molecule has 104 valence electrons. The molecule has 2 aromatic rings. The van der Waals surface area contributed by atoms with Gasteiger partial charge in [0.05, 0.1) is 28.3 Å². The van der Waals surface area contributed by atoms with Crippen molar-refractivity contribution in [2.45, 2.75) is 0 Å². The van der Waals surface area contributed by atoms with E-state index in [9.17, 15) is 9.59 Å². The van der Waals surface area contributed by atoms with Crippen molar-refractivity contribution in [2.24, 2.45) is 0 Å². The van der Waals surface area contributed by atoms with E-state index in [0.717, 1.165) is 11.3 Å². The van der Waals surface area contributed by atoms with Crippen molar-refractivity contribution in [3.05, 3.63) is 50.1 Å². The number of hydrogen-bond acceptors (Lipinski definition) is 4. The summed E-state index contributed by atoms with van der Waals surface area (Å²) in [6.07, 6.45) is 0. The Labute approximate surface area is 129 Å². The van der Waals surface area contributed by atoms with Gasteiger partial charge < -0.3 is 10.1 Å². The van der Waals surface area contributed by atoms with E-state index in [-0.39, 0.29) is 11.1 Å². The van der Waals surface area contributed by atoms with Gasteiger partial charge in [0.15, 0.2) is 0 Å². The number of ether oxygens (including phenoxy) is 1. The van der Waals surface area contributed by atoms with Crippen LogP contribution in [0.5, 0.6) is 0 Å². The van der Waals surface area contributed by atoms with Gasteiger partial charge in [-0.3, -0.25) is 4.79 Å². The summed E-state index contributed by atoms with van der Waals surface area (Å²) in [5, 5.41) is 2.62. The summed E-state index contributed by atoms with van der Waals surface area (Å²) >= 11 is 12.8. The second kappa shape index (κ2) is 6.26. The highest BCUT2D eigenvalue weighted by molar-refractivity contribution is 7.20. The zero-order valence-electron chi connectivity index (χ0n) is 10.3. The predicted octanol–water partition coefficient (Wildman–Crippen LogP) is 4.09. The molecule has 0 aliphatic carbocycles. The van der Waals surface area contributed by atoms with Crippen LogP contribution in [0.25, 0.3) is 0 Å². The Morgan fingerprint density at radius 1 is 1.20 bits per heavy atom. The zero-order valence-corrected chi connectivity index (χ0v) is 12.6. The van der Waals surface area contributed by atoms with Gasteiger partial charge in [-0.05, 0) is 18.2 Å². The molecule has 0 unspecified atom stereocenters. The highest BCUT2D eigenvalue weighted by Gasteiger charge is 2.17. The average Bonchev–Trinajstić information content (AvgIpc) is 2.77. The Morgan fingerprint density at radius 3 is 2.50 bits per heavy atom. The van der Waals surface area contributed by atoms with Crippen molar-refractivity contribution < 1.29 is 14.3 Å². The molecule has 1 N–H and O–H groups in total. The van der Waals surface area contributed by atoms with Crippen LogP contribution < -0.4 is 5.32 Å². The van der Waals surface area contributed by atoms with Gasteiger partial charge in [0, 0.05) is 0 Å². The third-order valence-corrected chi connectivity index (χ3v) is 3.97. The van der Waals surface area contributed by atoms with Gasteiger partial charge in [0.2, 0.25) is 0 Å². The Balaban J connectivity index is 2.29. The lowest BCUT2D eigenvalue weighted by Crippen LogP contribution is -2.15. The van der Waals surface area contributed by atoms with Crippen molar-refractivity contribution >= 4 is 52.1 Å². The third kappa shape index (κ3) is 3.12. The van der Waals surface area contributed by atoms with E-state index in [0.29, 0.717) is 14.4 Å². The number of nitrogens with one attached hydrogen (secondary N) is 1. The standard InChI is InChI=1S/C13H9Cl2NO3S/c1-19-13(18)7-4-2-3-5-9(7)16-12(17)8-6-10(14)20-11(8)15/h2-6H,1H3,(H,16,17). The summed E-state index contributed by atoms with van der Waals surface area (Å²) in [5.74, 6) is -0.968. The van der Waals surface area contributed by atoms with Crippen LogP contribution in [0.15, 0.2) is 30.3 Å². The molecule has 0 fully saturated rings. The van der Waals surface area contributed by atoms with Crippen molar-refractivity contribution in [2.75, 3.05) is 12.4 Å². The first-order valence-electron chi connectivity index (χ1n) is 5.46. The van der Waals surface area contributed by atoms with Crippen LogP contribution in [0, 0.1) is 0 Å². The fourth-order valence-corrected chi connectivity index (χ4v) is 3.02. The molecule has 2 rings (SSSR count). The van der Waals surface area contributed by atoms with E-state index in [1.165, 1.54) is 13.2 Å². The lowest BCUT2D eigenvalue weighted by atomic mass is 10.1. The summed E-state index contributed by atoms with van der Waals surface area (Å²) < 4.78 is 5.37. The molecule has 20 heavy (non-hydrogen) atoms. The summed E-state index contributed by atoms with van der Waals surface area (Å²) in [7, 11) is 1.27. The minimum Gasteiger partial charge on any atom is -0.465 e. The highest BCUT2D eigenvalue weighted by atomic mass is 35.5. The number of rotatable bonds is 3. The van der Waals surface area contributed by atoms with Gasteiger partial charge >= 0.3 is 5.97 Å². The number of benzene rings is 1. The van der Waals surface area contributed by atoms with E-state index in [2.05, 4.69) is 10.1 Å². The molecule has 7 heteroatoms. The quantitative estimate of drug-likeness (QED) is 0.862. The molecular weight excluding hydrogens is 321 g/mol. The van der Waals surface area contributed by atoms with E-state index < -0.39 is 11.9 Å². The molecule has 0 saturated carbocycles. The van der Waals surface area contributed by atoms with Gasteiger partial charge in [0.1, 0.15) is 4.34 Å². The Hall–Kier alpha value is -1.56. The molecule has 0 radical (unpaired) electrons. The molecule has 1 heterocycles. The number of para-hydroxylation sites is 1. The maximum Gasteiger partial charge on any atom is 0.339 e. The largest absolute Gasteiger partial charge is 0.465 e. The predicted molar refractivity (Wildman–Crippen MR) is 80.1 cm³/mol. The van der Waals surface area contributed by atoms with Gasteiger partial charge in [-0.25, -0.2) is 4.79 Å². The van der Waals surface area contributed by atoms with E-state index >= 15 is 0 Å². The number of amides is 1. The molecule has 1 amide bonds. The molecule has 4 nitrogen and oxygen atoms in total. The normalized spacial score (nSPS) is 10.2. The van der Waals surface area contributed by atoms with Crippen LogP contribution in [-0.2, 0) is 4.74 Å². The van der Waals surface area contributed by atoms with Gasteiger partial charge in [-0.1, -0.05) is 35.3 Å². The molecular formula is C13H9Cl2NO3S. The minimum atomic E-state index is -0.532. The van der Waals surface area contributed by atoms with Crippen LogP contribution in [0.4, 0.5) is 5.69 Å². The van der Waals surface area contributed by atoms with E-state index in [1.807, 2.05) is 0 Å². The number of carbonyl (C=O) groups is 2. The number of esters is 1. The van der Waals surface area contributed by atoms with Crippen LogP contribution in [-0.4, -0.2) is 19.0 Å². The van der Waals surface area contributed by atoms with Crippen molar-refractivity contribution in [1.82, 2.24) is 0 Å². The fourth-order valence-electron chi connectivity index (χ4n) is 1.56. The molecule has 1 aromatic carbocycles.